The van der Waals surface area contributed by atoms with Gasteiger partial charge in [-0.05, 0) is 26.0 Å². The molecule has 1 saturated heterocycles. The third kappa shape index (κ3) is 2.39. The van der Waals surface area contributed by atoms with Crippen molar-refractivity contribution in [2.24, 2.45) is 5.84 Å². The summed E-state index contributed by atoms with van der Waals surface area (Å²) >= 11 is 0. The second-order valence-corrected chi connectivity index (χ2v) is 5.19. The summed E-state index contributed by atoms with van der Waals surface area (Å²) < 4.78 is 5.78. The summed E-state index contributed by atoms with van der Waals surface area (Å²) in [4.78, 5) is 11.2. The number of ether oxygens (including phenoxy) is 1. The van der Waals surface area contributed by atoms with E-state index in [0.717, 1.165) is 29.8 Å². The number of benzene rings is 1. The first-order valence-corrected chi connectivity index (χ1v) is 6.81. The third-order valence-corrected chi connectivity index (χ3v) is 3.43. The van der Waals surface area contributed by atoms with Gasteiger partial charge in [-0.25, -0.2) is 10.8 Å². The van der Waals surface area contributed by atoms with Crippen molar-refractivity contribution >= 4 is 22.7 Å². The molecule has 0 bridgehead atoms. The Morgan fingerprint density at radius 2 is 1.90 bits per heavy atom. The van der Waals surface area contributed by atoms with Gasteiger partial charge in [-0.2, -0.15) is 4.98 Å². The van der Waals surface area contributed by atoms with Gasteiger partial charge in [0.2, 0.25) is 5.95 Å². The lowest BCUT2D eigenvalue weighted by Crippen LogP contribution is -2.46. The Balaban J connectivity index is 2.09. The highest BCUT2D eigenvalue weighted by Gasteiger charge is 2.25. The molecule has 2 atom stereocenters. The largest absolute Gasteiger partial charge is 0.372 e. The van der Waals surface area contributed by atoms with Gasteiger partial charge in [-0.3, -0.25) is 5.43 Å². The smallest absolute Gasteiger partial charge is 0.239 e. The van der Waals surface area contributed by atoms with Crippen molar-refractivity contribution in [3.63, 3.8) is 0 Å². The molecule has 1 aliphatic rings. The summed E-state index contributed by atoms with van der Waals surface area (Å²) in [5, 5.41) is 1.04. The van der Waals surface area contributed by atoms with E-state index in [-0.39, 0.29) is 12.2 Å². The molecule has 3 rings (SSSR count). The predicted molar refractivity (Wildman–Crippen MR) is 79.6 cm³/mol. The molecule has 1 aliphatic heterocycles. The number of nitrogens with two attached hydrogens (primary N) is 1. The minimum absolute atomic E-state index is 0.182. The Kier molecular flexibility index (Phi) is 3.42. The van der Waals surface area contributed by atoms with Crippen molar-refractivity contribution < 1.29 is 4.74 Å². The van der Waals surface area contributed by atoms with Crippen molar-refractivity contribution in [2.75, 3.05) is 23.4 Å². The van der Waals surface area contributed by atoms with E-state index >= 15 is 0 Å². The molecular weight excluding hydrogens is 254 g/mol. The maximum Gasteiger partial charge on any atom is 0.239 e. The van der Waals surface area contributed by atoms with Crippen LogP contribution >= 0.6 is 0 Å². The number of aromatic nitrogens is 2. The fourth-order valence-electron chi connectivity index (χ4n) is 2.72. The van der Waals surface area contributed by atoms with E-state index in [4.69, 9.17) is 10.6 Å². The highest BCUT2D eigenvalue weighted by atomic mass is 16.5. The van der Waals surface area contributed by atoms with E-state index < -0.39 is 0 Å². The van der Waals surface area contributed by atoms with Crippen molar-refractivity contribution in [3.05, 3.63) is 24.3 Å². The van der Waals surface area contributed by atoms with Gasteiger partial charge in [-0.1, -0.05) is 12.1 Å². The molecule has 1 fully saturated rings. The predicted octanol–water partition coefficient (Wildman–Crippen LogP) is 1.53. The van der Waals surface area contributed by atoms with Crippen molar-refractivity contribution in [1.29, 1.82) is 0 Å². The molecular formula is C14H19N5O. The number of fused-ring (bicyclic) bond motifs is 1. The van der Waals surface area contributed by atoms with Gasteiger partial charge in [0.1, 0.15) is 5.82 Å². The van der Waals surface area contributed by atoms with Crippen LogP contribution in [0, 0.1) is 0 Å². The Morgan fingerprint density at radius 3 is 2.60 bits per heavy atom. The Morgan fingerprint density at radius 1 is 1.20 bits per heavy atom. The number of nitrogens with one attached hydrogen (secondary N) is 1. The summed E-state index contributed by atoms with van der Waals surface area (Å²) in [7, 11) is 0. The monoisotopic (exact) mass is 273 g/mol. The van der Waals surface area contributed by atoms with Gasteiger partial charge in [0, 0.05) is 18.5 Å². The molecule has 1 aromatic heterocycles. The highest BCUT2D eigenvalue weighted by molar-refractivity contribution is 5.90. The summed E-state index contributed by atoms with van der Waals surface area (Å²) in [5.41, 5.74) is 3.43. The fourth-order valence-corrected chi connectivity index (χ4v) is 2.72. The van der Waals surface area contributed by atoms with Gasteiger partial charge in [-0.15, -0.1) is 0 Å². The molecule has 0 radical (unpaired) electrons. The van der Waals surface area contributed by atoms with Gasteiger partial charge < -0.3 is 9.64 Å². The first-order valence-electron chi connectivity index (χ1n) is 6.81. The van der Waals surface area contributed by atoms with E-state index in [1.807, 2.05) is 24.3 Å². The number of hydrogen-bond acceptors (Lipinski definition) is 6. The van der Waals surface area contributed by atoms with Crippen LogP contribution < -0.4 is 16.2 Å². The number of nitrogens with zero attached hydrogens (tertiary/aromatic N) is 3. The van der Waals surface area contributed by atoms with Crippen molar-refractivity contribution in [3.8, 4) is 0 Å². The van der Waals surface area contributed by atoms with Crippen LogP contribution in [-0.4, -0.2) is 35.3 Å². The molecule has 2 heterocycles. The second kappa shape index (κ2) is 5.22. The van der Waals surface area contributed by atoms with Crippen LogP contribution in [0.3, 0.4) is 0 Å². The lowest BCUT2D eigenvalue weighted by Gasteiger charge is -2.36. The highest BCUT2D eigenvalue weighted by Crippen LogP contribution is 2.27. The maximum atomic E-state index is 5.78. The molecule has 20 heavy (non-hydrogen) atoms. The SMILES string of the molecule is CC1CN(c2nc(NN)nc3ccccc23)CC(C)O1. The number of hydrazine groups is 1. The normalized spacial score (nSPS) is 23.1. The zero-order chi connectivity index (χ0) is 14.1. The number of morpholine rings is 1. The van der Waals surface area contributed by atoms with Crippen LogP contribution in [0.1, 0.15) is 13.8 Å². The van der Waals surface area contributed by atoms with E-state index in [2.05, 4.69) is 34.1 Å². The van der Waals surface area contributed by atoms with Crippen LogP contribution in [0.15, 0.2) is 24.3 Å². The van der Waals surface area contributed by atoms with Gasteiger partial charge in [0.25, 0.3) is 0 Å². The lowest BCUT2D eigenvalue weighted by molar-refractivity contribution is -0.00536. The van der Waals surface area contributed by atoms with E-state index in [9.17, 15) is 0 Å². The second-order valence-electron chi connectivity index (χ2n) is 5.19. The molecule has 6 nitrogen and oxygen atoms in total. The van der Waals surface area contributed by atoms with E-state index in [1.54, 1.807) is 0 Å². The van der Waals surface area contributed by atoms with Crippen LogP contribution in [0.5, 0.6) is 0 Å². The summed E-state index contributed by atoms with van der Waals surface area (Å²) in [5.74, 6) is 6.82. The first-order chi connectivity index (χ1) is 9.67. The van der Waals surface area contributed by atoms with Crippen LogP contribution in [0.4, 0.5) is 11.8 Å². The minimum Gasteiger partial charge on any atom is -0.372 e. The zero-order valence-electron chi connectivity index (χ0n) is 11.7. The average molecular weight is 273 g/mol. The average Bonchev–Trinajstić information content (AvgIpc) is 2.45. The Bertz CT molecular complexity index is 608. The summed E-state index contributed by atoms with van der Waals surface area (Å²) in [6.45, 7) is 5.78. The Hall–Kier alpha value is -1.92. The van der Waals surface area contributed by atoms with E-state index in [0.29, 0.717) is 5.95 Å². The molecule has 0 spiro atoms. The molecule has 0 saturated carbocycles. The summed E-state index contributed by atoms with van der Waals surface area (Å²) in [6, 6.07) is 7.96. The first kappa shape index (κ1) is 13.1. The quantitative estimate of drug-likeness (QED) is 0.638. The number of hydrogen-bond donors (Lipinski definition) is 2. The zero-order valence-corrected chi connectivity index (χ0v) is 11.7. The number of anilines is 2. The molecule has 2 unspecified atom stereocenters. The third-order valence-electron chi connectivity index (χ3n) is 3.43. The van der Waals surface area contributed by atoms with E-state index in [1.165, 1.54) is 0 Å². The Labute approximate surface area is 117 Å². The lowest BCUT2D eigenvalue weighted by atomic mass is 10.2. The standard InChI is InChI=1S/C14H19N5O/c1-9-7-19(8-10(2)20-9)13-11-5-3-4-6-12(11)16-14(17-13)18-15/h3-6,9-10H,7-8,15H2,1-2H3,(H,16,17,18). The molecule has 2 aromatic rings. The van der Waals surface area contributed by atoms with Gasteiger partial charge >= 0.3 is 0 Å². The molecule has 6 heteroatoms. The number of rotatable bonds is 2. The fraction of sp³-hybridized carbons (Fsp3) is 0.429. The van der Waals surface area contributed by atoms with Crippen LogP contribution in [-0.2, 0) is 4.74 Å². The molecule has 3 N–H and O–H groups in total. The van der Waals surface area contributed by atoms with Crippen LogP contribution in [0.2, 0.25) is 0 Å². The number of nitrogen functional groups attached to an aromatic ring is 1. The maximum absolute atomic E-state index is 5.78. The minimum atomic E-state index is 0.182. The molecule has 0 amide bonds. The van der Waals surface area contributed by atoms with Crippen molar-refractivity contribution in [2.45, 2.75) is 26.1 Å². The van der Waals surface area contributed by atoms with Gasteiger partial charge in [0.15, 0.2) is 0 Å². The topological polar surface area (TPSA) is 76.3 Å². The number of para-hydroxylation sites is 1. The molecule has 1 aromatic carbocycles. The van der Waals surface area contributed by atoms with Gasteiger partial charge in [0.05, 0.1) is 17.7 Å². The summed E-state index contributed by atoms with van der Waals surface area (Å²) in [6.07, 6.45) is 0.364. The molecule has 106 valence electrons. The van der Waals surface area contributed by atoms with Crippen LogP contribution in [0.25, 0.3) is 10.9 Å². The molecule has 0 aliphatic carbocycles. The van der Waals surface area contributed by atoms with Crippen molar-refractivity contribution in [1.82, 2.24) is 9.97 Å².